The van der Waals surface area contributed by atoms with E-state index in [4.69, 9.17) is 9.15 Å². The molecule has 1 atom stereocenters. The van der Waals surface area contributed by atoms with Crippen LogP contribution in [0.5, 0.6) is 5.75 Å². The number of ether oxygens (including phenoxy) is 1. The maximum Gasteiger partial charge on any atom is 0.295 e. The number of hydrogen-bond acceptors (Lipinski definition) is 6. The Morgan fingerprint density at radius 2 is 2.06 bits per heavy atom. The van der Waals surface area contributed by atoms with Crippen molar-refractivity contribution in [1.82, 2.24) is 14.5 Å². The molecule has 0 saturated carbocycles. The number of hydrogen-bond donors (Lipinski definition) is 1. The fourth-order valence-corrected chi connectivity index (χ4v) is 3.92. The molecule has 0 bridgehead atoms. The number of amides is 1. The lowest BCUT2D eigenvalue weighted by Gasteiger charge is -2.23. The van der Waals surface area contributed by atoms with E-state index in [2.05, 4.69) is 11.9 Å². The first-order chi connectivity index (χ1) is 16.1. The molecule has 1 aliphatic heterocycles. The number of Topliss-reactive ketones (excluding diaryl/α,β-unsaturated/α-hetero) is 1. The quantitative estimate of drug-likeness (QED) is 0.216. The number of carbonyl (C=O) groups is 2. The van der Waals surface area contributed by atoms with Crippen molar-refractivity contribution in [2.24, 2.45) is 0 Å². The molecule has 1 N–H and O–H groups in total. The van der Waals surface area contributed by atoms with Gasteiger partial charge in [0, 0.05) is 31.0 Å². The molecular formula is C25H27N3O5. The van der Waals surface area contributed by atoms with Crippen LogP contribution in [0.2, 0.25) is 0 Å². The van der Waals surface area contributed by atoms with E-state index in [9.17, 15) is 14.7 Å². The zero-order valence-electron chi connectivity index (χ0n) is 18.5. The number of unbranched alkanes of at least 4 members (excludes halogenated alkanes) is 1. The van der Waals surface area contributed by atoms with E-state index in [1.165, 1.54) is 11.2 Å². The monoisotopic (exact) mass is 449 g/mol. The van der Waals surface area contributed by atoms with Crippen molar-refractivity contribution < 1.29 is 23.8 Å². The van der Waals surface area contributed by atoms with Crippen molar-refractivity contribution in [3.05, 3.63) is 78.3 Å². The second-order valence-electron chi connectivity index (χ2n) is 7.89. The first-order valence-corrected chi connectivity index (χ1v) is 11.1. The van der Waals surface area contributed by atoms with Gasteiger partial charge in [0.05, 0.1) is 24.8 Å². The molecular weight excluding hydrogens is 422 g/mol. The summed E-state index contributed by atoms with van der Waals surface area (Å²) in [5.41, 5.74) is 0.431. The van der Waals surface area contributed by atoms with E-state index in [1.54, 1.807) is 48.9 Å². The van der Waals surface area contributed by atoms with E-state index in [0.29, 0.717) is 43.2 Å². The third-order valence-electron chi connectivity index (χ3n) is 5.60. The van der Waals surface area contributed by atoms with Gasteiger partial charge in [0.2, 0.25) is 0 Å². The lowest BCUT2D eigenvalue weighted by Crippen LogP contribution is -2.31. The number of aliphatic hydroxyl groups excluding tert-OH is 1. The Labute approximate surface area is 192 Å². The summed E-state index contributed by atoms with van der Waals surface area (Å²) < 4.78 is 13.2. The van der Waals surface area contributed by atoms with Crippen molar-refractivity contribution >= 4 is 17.4 Å². The molecule has 3 heterocycles. The van der Waals surface area contributed by atoms with Crippen molar-refractivity contribution in [3.63, 3.8) is 0 Å². The number of imidazole rings is 1. The minimum absolute atomic E-state index is 0.0169. The predicted molar refractivity (Wildman–Crippen MR) is 121 cm³/mol. The molecule has 4 rings (SSSR count). The Kier molecular flexibility index (Phi) is 6.92. The normalized spacial score (nSPS) is 17.6. The first kappa shape index (κ1) is 22.4. The highest BCUT2D eigenvalue weighted by atomic mass is 16.5. The Bertz CT molecular complexity index is 1120. The van der Waals surface area contributed by atoms with Crippen molar-refractivity contribution in [2.75, 3.05) is 13.2 Å². The highest BCUT2D eigenvalue weighted by Crippen LogP contribution is 2.40. The number of likely N-dealkylation sites (tertiary alicyclic amines) is 1. The number of benzene rings is 1. The van der Waals surface area contributed by atoms with Crippen molar-refractivity contribution in [1.29, 1.82) is 0 Å². The minimum atomic E-state index is -0.799. The number of furan rings is 1. The molecule has 3 aromatic rings. The maximum atomic E-state index is 13.0. The van der Waals surface area contributed by atoms with Gasteiger partial charge in [0.1, 0.15) is 23.3 Å². The summed E-state index contributed by atoms with van der Waals surface area (Å²) in [4.78, 5) is 31.4. The van der Waals surface area contributed by atoms with Gasteiger partial charge in [-0.1, -0.05) is 25.5 Å². The number of carbonyl (C=O) groups excluding carboxylic acids is 2. The van der Waals surface area contributed by atoms with Gasteiger partial charge < -0.3 is 23.7 Å². The maximum absolute atomic E-state index is 13.0. The second-order valence-corrected chi connectivity index (χ2v) is 7.89. The molecule has 0 radical (unpaired) electrons. The van der Waals surface area contributed by atoms with Gasteiger partial charge in [-0.2, -0.15) is 0 Å². The summed E-state index contributed by atoms with van der Waals surface area (Å²) in [6, 6.07) is 9.52. The average Bonchev–Trinajstić information content (AvgIpc) is 3.58. The summed E-state index contributed by atoms with van der Waals surface area (Å²) >= 11 is 0. The lowest BCUT2D eigenvalue weighted by molar-refractivity contribution is -0.140. The van der Waals surface area contributed by atoms with Crippen LogP contribution in [0.4, 0.5) is 0 Å². The van der Waals surface area contributed by atoms with Crippen LogP contribution in [-0.2, 0) is 16.1 Å². The molecule has 1 saturated heterocycles. The van der Waals surface area contributed by atoms with Crippen LogP contribution in [0.15, 0.2) is 71.4 Å². The van der Waals surface area contributed by atoms with Crippen LogP contribution in [0, 0.1) is 0 Å². The van der Waals surface area contributed by atoms with E-state index in [-0.39, 0.29) is 11.3 Å². The molecule has 1 aliphatic rings. The zero-order chi connectivity index (χ0) is 23.2. The van der Waals surface area contributed by atoms with Gasteiger partial charge in [-0.05, 0) is 37.1 Å². The molecule has 33 heavy (non-hydrogen) atoms. The molecule has 0 spiro atoms. The van der Waals surface area contributed by atoms with Crippen molar-refractivity contribution in [2.45, 2.75) is 38.8 Å². The van der Waals surface area contributed by atoms with Crippen LogP contribution in [0.3, 0.4) is 0 Å². The molecule has 2 aromatic heterocycles. The highest BCUT2D eigenvalue weighted by molar-refractivity contribution is 6.46. The standard InChI is InChI=1S/C25H27N3O5/c1-2-3-14-32-19-8-4-7-18(16-19)23(29)21-22(20-9-5-15-33-20)28(25(31)24(21)30)12-6-11-27-13-10-26-17-27/h4-5,7-10,13,15-17,22,29H,2-3,6,11-12,14H2,1H3/t22-/m1/s1. The molecule has 0 unspecified atom stereocenters. The van der Waals surface area contributed by atoms with Crippen LogP contribution in [-0.4, -0.2) is 44.4 Å². The molecule has 172 valence electrons. The van der Waals surface area contributed by atoms with Gasteiger partial charge >= 0.3 is 0 Å². The topological polar surface area (TPSA) is 97.8 Å². The van der Waals surface area contributed by atoms with E-state index < -0.39 is 17.7 Å². The average molecular weight is 450 g/mol. The number of aliphatic hydroxyl groups is 1. The summed E-state index contributed by atoms with van der Waals surface area (Å²) in [5.74, 6) is -0.606. The van der Waals surface area contributed by atoms with Crippen LogP contribution in [0.1, 0.15) is 43.6 Å². The Hall–Kier alpha value is -3.81. The third kappa shape index (κ3) is 4.84. The van der Waals surface area contributed by atoms with Crippen molar-refractivity contribution in [3.8, 4) is 5.75 Å². The Morgan fingerprint density at radius 1 is 1.18 bits per heavy atom. The van der Waals surface area contributed by atoms with Crippen LogP contribution < -0.4 is 4.74 Å². The molecule has 1 aromatic carbocycles. The van der Waals surface area contributed by atoms with Crippen LogP contribution >= 0.6 is 0 Å². The number of aromatic nitrogens is 2. The molecule has 0 aliphatic carbocycles. The lowest BCUT2D eigenvalue weighted by atomic mass is 9.99. The number of rotatable bonds is 10. The van der Waals surface area contributed by atoms with Gasteiger partial charge in [0.25, 0.3) is 11.7 Å². The Balaban J connectivity index is 1.64. The van der Waals surface area contributed by atoms with Gasteiger partial charge in [-0.3, -0.25) is 9.59 Å². The highest BCUT2D eigenvalue weighted by Gasteiger charge is 2.47. The number of nitrogens with zero attached hydrogens (tertiary/aromatic N) is 3. The predicted octanol–water partition coefficient (Wildman–Crippen LogP) is 4.17. The minimum Gasteiger partial charge on any atom is -0.507 e. The van der Waals surface area contributed by atoms with E-state index in [0.717, 1.165) is 12.8 Å². The first-order valence-electron chi connectivity index (χ1n) is 11.1. The second kappa shape index (κ2) is 10.2. The third-order valence-corrected chi connectivity index (χ3v) is 5.60. The largest absolute Gasteiger partial charge is 0.507 e. The smallest absolute Gasteiger partial charge is 0.295 e. The molecule has 8 heteroatoms. The summed E-state index contributed by atoms with van der Waals surface area (Å²) in [6.07, 6.45) is 9.26. The molecule has 1 amide bonds. The van der Waals surface area contributed by atoms with E-state index >= 15 is 0 Å². The number of aryl methyl sites for hydroxylation is 1. The summed E-state index contributed by atoms with van der Waals surface area (Å²) in [7, 11) is 0. The van der Waals surface area contributed by atoms with Crippen LogP contribution in [0.25, 0.3) is 5.76 Å². The summed E-state index contributed by atoms with van der Waals surface area (Å²) in [6.45, 7) is 3.61. The molecule has 8 nitrogen and oxygen atoms in total. The van der Waals surface area contributed by atoms with E-state index in [1.807, 2.05) is 10.8 Å². The Morgan fingerprint density at radius 3 is 2.79 bits per heavy atom. The zero-order valence-corrected chi connectivity index (χ0v) is 18.5. The van der Waals surface area contributed by atoms with Gasteiger partial charge in [-0.25, -0.2) is 4.98 Å². The fourth-order valence-electron chi connectivity index (χ4n) is 3.92. The SMILES string of the molecule is CCCCOc1cccc(C(O)=C2C(=O)C(=O)N(CCCn3ccnc3)[C@@H]2c2ccco2)c1. The molecule has 1 fully saturated rings. The fraction of sp³-hybridized carbons (Fsp3) is 0.320. The summed E-state index contributed by atoms with van der Waals surface area (Å²) in [5, 5.41) is 11.1. The number of ketones is 1. The van der Waals surface area contributed by atoms with Gasteiger partial charge in [-0.15, -0.1) is 0 Å². The van der Waals surface area contributed by atoms with Gasteiger partial charge in [0.15, 0.2) is 0 Å².